The molecule has 0 unspecified atom stereocenters. The second-order valence-corrected chi connectivity index (χ2v) is 2.76. The molecule has 0 N–H and O–H groups in total. The van der Waals surface area contributed by atoms with Gasteiger partial charge in [0.2, 0.25) is 0 Å². The van der Waals surface area contributed by atoms with Gasteiger partial charge in [-0.05, 0) is 19.1 Å². The maximum Gasteiger partial charge on any atom is 0.123 e. The molecule has 1 heterocycles. The number of fused-ring (bicyclic) bond motifs is 1. The molecule has 0 aliphatic rings. The summed E-state index contributed by atoms with van der Waals surface area (Å²) in [5.41, 5.74) is 1.89. The highest BCUT2D eigenvalue weighted by Crippen LogP contribution is 2.09. The summed E-state index contributed by atoms with van der Waals surface area (Å²) in [5, 5.41) is 8.02. The summed E-state index contributed by atoms with van der Waals surface area (Å²) >= 11 is 0. The van der Waals surface area contributed by atoms with Crippen molar-refractivity contribution in [1.29, 1.82) is 0 Å². The molecule has 0 spiro atoms. The second kappa shape index (κ2) is 2.97. The number of hydrogen-bond donors (Lipinski definition) is 0. The maximum atomic E-state index is 4.06. The number of hydrogen-bond acceptors (Lipinski definition) is 3. The van der Waals surface area contributed by atoms with Crippen LogP contribution >= 0.6 is 0 Å². The zero-order chi connectivity index (χ0) is 9.26. The van der Waals surface area contributed by atoms with Crippen molar-refractivity contribution < 1.29 is 0 Å². The second-order valence-electron chi connectivity index (χ2n) is 2.76. The van der Waals surface area contributed by atoms with Crippen molar-refractivity contribution in [3.8, 4) is 0 Å². The molecule has 66 valence electrons. The number of rotatable bonds is 0. The van der Waals surface area contributed by atoms with E-state index >= 15 is 0 Å². The molecular weight excluding hydrogens is 164 g/mol. The molecule has 1 aromatic heterocycles. The number of aliphatic imine (C=N–C) groups is 1. The normalized spacial score (nSPS) is 12.3. The first-order chi connectivity index (χ1) is 6.33. The lowest BCUT2D eigenvalue weighted by molar-refractivity contribution is 0.855. The van der Waals surface area contributed by atoms with Crippen LogP contribution in [0.2, 0.25) is 0 Å². The van der Waals surface area contributed by atoms with E-state index in [9.17, 15) is 0 Å². The molecule has 1 aromatic carbocycles. The Bertz CT molecular complexity index is 455. The highest BCUT2D eigenvalue weighted by Gasteiger charge is 2.03. The number of nitrogens with zero attached hydrogens (tertiary/aromatic N) is 4. The molecule has 0 atom stereocenters. The number of para-hydroxylation sites is 1. The zero-order valence-corrected chi connectivity index (χ0v) is 7.60. The Balaban J connectivity index is 2.71. The SMILES string of the molecule is CN=C(C)n1nnc2ccccc21. The Morgan fingerprint density at radius 1 is 1.38 bits per heavy atom. The Hall–Kier alpha value is -1.71. The Labute approximate surface area is 75.9 Å². The summed E-state index contributed by atoms with van der Waals surface area (Å²) in [6.45, 7) is 1.90. The smallest absolute Gasteiger partial charge is 0.123 e. The van der Waals surface area contributed by atoms with Gasteiger partial charge < -0.3 is 0 Å². The highest BCUT2D eigenvalue weighted by molar-refractivity contribution is 5.90. The van der Waals surface area contributed by atoms with Crippen LogP contribution in [0.15, 0.2) is 29.3 Å². The summed E-state index contributed by atoms with van der Waals surface area (Å²) in [5.74, 6) is 0.841. The van der Waals surface area contributed by atoms with E-state index in [2.05, 4.69) is 15.3 Å². The predicted molar refractivity (Wildman–Crippen MR) is 52.0 cm³/mol. The van der Waals surface area contributed by atoms with E-state index in [1.165, 1.54) is 0 Å². The minimum atomic E-state index is 0.841. The molecular formula is C9H10N4. The van der Waals surface area contributed by atoms with Gasteiger partial charge in [-0.2, -0.15) is 4.68 Å². The van der Waals surface area contributed by atoms with Crippen LogP contribution in [0.5, 0.6) is 0 Å². The van der Waals surface area contributed by atoms with E-state index in [1.54, 1.807) is 11.7 Å². The Kier molecular flexibility index (Phi) is 1.81. The largest absolute Gasteiger partial charge is 0.274 e. The van der Waals surface area contributed by atoms with Gasteiger partial charge in [-0.15, -0.1) is 5.10 Å². The molecule has 0 fully saturated rings. The van der Waals surface area contributed by atoms with Gasteiger partial charge in [0.05, 0.1) is 5.52 Å². The fraction of sp³-hybridized carbons (Fsp3) is 0.222. The van der Waals surface area contributed by atoms with Crippen LogP contribution < -0.4 is 0 Å². The van der Waals surface area contributed by atoms with Crippen molar-refractivity contribution in [1.82, 2.24) is 15.0 Å². The standard InChI is InChI=1S/C9H10N4/c1-7(10-2)13-9-6-4-3-5-8(9)11-12-13/h3-6H,1-2H3. The van der Waals surface area contributed by atoms with E-state index in [0.717, 1.165) is 16.9 Å². The zero-order valence-electron chi connectivity index (χ0n) is 7.60. The van der Waals surface area contributed by atoms with Crippen LogP contribution in [-0.2, 0) is 0 Å². The minimum Gasteiger partial charge on any atom is -0.274 e. The quantitative estimate of drug-likeness (QED) is 0.446. The average Bonchev–Trinajstić information content (AvgIpc) is 2.60. The Morgan fingerprint density at radius 2 is 2.15 bits per heavy atom. The first-order valence-corrected chi connectivity index (χ1v) is 4.07. The first kappa shape index (κ1) is 7.91. The molecule has 2 aromatic rings. The molecule has 0 radical (unpaired) electrons. The van der Waals surface area contributed by atoms with Crippen LogP contribution in [0, 0.1) is 0 Å². The predicted octanol–water partition coefficient (Wildman–Crippen LogP) is 1.33. The van der Waals surface area contributed by atoms with Crippen molar-refractivity contribution in [2.24, 2.45) is 4.99 Å². The van der Waals surface area contributed by atoms with Gasteiger partial charge in [-0.3, -0.25) is 4.99 Å². The van der Waals surface area contributed by atoms with E-state index in [4.69, 9.17) is 0 Å². The lowest BCUT2D eigenvalue weighted by Gasteiger charge is -1.97. The van der Waals surface area contributed by atoms with E-state index < -0.39 is 0 Å². The molecule has 13 heavy (non-hydrogen) atoms. The van der Waals surface area contributed by atoms with E-state index in [-0.39, 0.29) is 0 Å². The third-order valence-electron chi connectivity index (χ3n) is 1.98. The lowest BCUT2D eigenvalue weighted by atomic mass is 10.3. The summed E-state index contributed by atoms with van der Waals surface area (Å²) in [7, 11) is 1.74. The van der Waals surface area contributed by atoms with Crippen LogP contribution in [-0.4, -0.2) is 27.9 Å². The monoisotopic (exact) mass is 174 g/mol. The molecule has 0 amide bonds. The summed E-state index contributed by atoms with van der Waals surface area (Å²) in [6, 6.07) is 7.82. The van der Waals surface area contributed by atoms with Crippen molar-refractivity contribution in [2.75, 3.05) is 7.05 Å². The fourth-order valence-electron chi connectivity index (χ4n) is 1.20. The van der Waals surface area contributed by atoms with Crippen molar-refractivity contribution in [2.45, 2.75) is 6.92 Å². The van der Waals surface area contributed by atoms with Crippen molar-refractivity contribution >= 4 is 16.9 Å². The van der Waals surface area contributed by atoms with Crippen LogP contribution in [0.1, 0.15) is 6.92 Å². The van der Waals surface area contributed by atoms with Gasteiger partial charge in [0.15, 0.2) is 0 Å². The first-order valence-electron chi connectivity index (χ1n) is 4.07. The minimum absolute atomic E-state index is 0.841. The third-order valence-corrected chi connectivity index (χ3v) is 1.98. The lowest BCUT2D eigenvalue weighted by Crippen LogP contribution is -2.08. The summed E-state index contributed by atoms with van der Waals surface area (Å²) in [4.78, 5) is 4.06. The van der Waals surface area contributed by atoms with Crippen molar-refractivity contribution in [3.63, 3.8) is 0 Å². The molecule has 0 bridgehead atoms. The van der Waals surface area contributed by atoms with Crippen LogP contribution in [0.3, 0.4) is 0 Å². The maximum absolute atomic E-state index is 4.06. The molecule has 0 saturated carbocycles. The van der Waals surface area contributed by atoms with Crippen LogP contribution in [0.4, 0.5) is 0 Å². The molecule has 4 nitrogen and oxygen atoms in total. The molecule has 0 saturated heterocycles. The fourth-order valence-corrected chi connectivity index (χ4v) is 1.20. The summed E-state index contributed by atoms with van der Waals surface area (Å²) < 4.78 is 1.73. The van der Waals surface area contributed by atoms with Gasteiger partial charge in [-0.25, -0.2) is 0 Å². The third kappa shape index (κ3) is 1.20. The highest BCUT2D eigenvalue weighted by atomic mass is 15.4. The van der Waals surface area contributed by atoms with Gasteiger partial charge in [0, 0.05) is 7.05 Å². The number of benzene rings is 1. The average molecular weight is 174 g/mol. The molecule has 0 aliphatic heterocycles. The molecule has 0 aliphatic carbocycles. The van der Waals surface area contributed by atoms with Gasteiger partial charge in [0.1, 0.15) is 11.4 Å². The van der Waals surface area contributed by atoms with Gasteiger partial charge >= 0.3 is 0 Å². The van der Waals surface area contributed by atoms with E-state index in [1.807, 2.05) is 31.2 Å². The Morgan fingerprint density at radius 3 is 2.92 bits per heavy atom. The molecule has 4 heteroatoms. The van der Waals surface area contributed by atoms with Gasteiger partial charge in [0.25, 0.3) is 0 Å². The topological polar surface area (TPSA) is 43.1 Å². The number of aromatic nitrogens is 3. The molecule has 2 rings (SSSR count). The van der Waals surface area contributed by atoms with Crippen LogP contribution in [0.25, 0.3) is 11.0 Å². The summed E-state index contributed by atoms with van der Waals surface area (Å²) in [6.07, 6.45) is 0. The van der Waals surface area contributed by atoms with Gasteiger partial charge in [-0.1, -0.05) is 17.3 Å². The van der Waals surface area contributed by atoms with E-state index in [0.29, 0.717) is 0 Å². The van der Waals surface area contributed by atoms with Crippen molar-refractivity contribution in [3.05, 3.63) is 24.3 Å².